The van der Waals surface area contributed by atoms with E-state index in [1.165, 1.54) is 12.2 Å². The van der Waals surface area contributed by atoms with Crippen LogP contribution in [0.5, 0.6) is 0 Å². The Balaban J connectivity index is 1.76. The Kier molecular flexibility index (Phi) is 7.45. The van der Waals surface area contributed by atoms with Crippen molar-refractivity contribution in [2.45, 2.75) is 36.7 Å². The quantitative estimate of drug-likeness (QED) is 0.498. The lowest BCUT2D eigenvalue weighted by Gasteiger charge is -2.16. The fraction of sp³-hybridized carbons (Fsp3) is 0.208. The number of amides is 2. The number of halogens is 2. The Morgan fingerprint density at radius 1 is 1.15 bits per heavy atom. The van der Waals surface area contributed by atoms with Gasteiger partial charge < -0.3 is 16.0 Å². The van der Waals surface area contributed by atoms with Crippen LogP contribution in [0, 0.1) is 11.6 Å². The minimum absolute atomic E-state index is 0.399. The zero-order valence-electron chi connectivity index (χ0n) is 18.1. The number of hydrogen-bond donors (Lipinski definition) is 3. The van der Waals surface area contributed by atoms with Gasteiger partial charge in [0.1, 0.15) is 5.69 Å². The van der Waals surface area contributed by atoms with E-state index in [1.54, 1.807) is 25.1 Å². The van der Waals surface area contributed by atoms with Gasteiger partial charge in [-0.3, -0.25) is 0 Å². The highest BCUT2D eigenvalue weighted by molar-refractivity contribution is 7.90. The molecule has 0 saturated carbocycles. The molecule has 1 unspecified atom stereocenters. The van der Waals surface area contributed by atoms with Crippen molar-refractivity contribution in [3.8, 4) is 0 Å². The number of rotatable bonds is 8. The number of allylic oxidation sites excluding steroid dienone is 2. The summed E-state index contributed by atoms with van der Waals surface area (Å²) in [4.78, 5) is 11.7. The van der Waals surface area contributed by atoms with Crippen molar-refractivity contribution in [1.29, 1.82) is 0 Å². The summed E-state index contributed by atoms with van der Waals surface area (Å²) in [5, 5.41) is 7.79. The average molecular weight is 474 g/mol. The summed E-state index contributed by atoms with van der Waals surface area (Å²) >= 11 is 0. The van der Waals surface area contributed by atoms with E-state index in [2.05, 4.69) is 29.1 Å². The van der Waals surface area contributed by atoms with Crippen LogP contribution < -0.4 is 16.0 Å². The van der Waals surface area contributed by atoms with Gasteiger partial charge >= 0.3 is 6.03 Å². The number of carbonyl (C=O) groups is 1. The molecule has 3 N–H and O–H groups in total. The standard InChI is InChI=1S/C24H25F2N3O3S/c1-4-6-17(5-2)15(3)28-24(30)29-23-21(25)10-20(11-22(23)26)33(31,32)14-16-7-8-18-12-27-13-19(18)9-16/h4-11,15,27H,1-2,12-14H2,3H3,(H2,28,29,30)/b17-6+. The van der Waals surface area contributed by atoms with Gasteiger partial charge in [0.2, 0.25) is 0 Å². The fourth-order valence-corrected chi connectivity index (χ4v) is 4.90. The molecule has 6 nitrogen and oxygen atoms in total. The van der Waals surface area contributed by atoms with E-state index in [1.807, 2.05) is 6.07 Å². The molecule has 0 aliphatic carbocycles. The Bertz CT molecular complexity index is 1220. The minimum atomic E-state index is -4.02. The van der Waals surface area contributed by atoms with Crippen LogP contribution >= 0.6 is 0 Å². The highest BCUT2D eigenvalue weighted by atomic mass is 32.2. The average Bonchev–Trinajstić information content (AvgIpc) is 3.21. The molecule has 2 aromatic rings. The van der Waals surface area contributed by atoms with Crippen LogP contribution in [0.25, 0.3) is 0 Å². The van der Waals surface area contributed by atoms with E-state index >= 15 is 0 Å². The summed E-state index contributed by atoms with van der Waals surface area (Å²) in [5.74, 6) is -2.79. The molecular formula is C24H25F2N3O3S. The summed E-state index contributed by atoms with van der Waals surface area (Å²) in [6.07, 6.45) is 4.67. The predicted octanol–water partition coefficient (Wildman–Crippen LogP) is 4.35. The van der Waals surface area contributed by atoms with Gasteiger partial charge in [-0.2, -0.15) is 0 Å². The lowest BCUT2D eigenvalue weighted by atomic mass is 10.1. The van der Waals surface area contributed by atoms with Crippen LogP contribution in [0.15, 0.2) is 72.2 Å². The van der Waals surface area contributed by atoms with Crippen molar-refractivity contribution in [3.63, 3.8) is 0 Å². The topological polar surface area (TPSA) is 87.3 Å². The minimum Gasteiger partial charge on any atom is -0.331 e. The summed E-state index contributed by atoms with van der Waals surface area (Å²) < 4.78 is 54.8. The maximum absolute atomic E-state index is 14.6. The van der Waals surface area contributed by atoms with Gasteiger partial charge in [-0.15, -0.1) is 0 Å². The van der Waals surface area contributed by atoms with Gasteiger partial charge in [0.15, 0.2) is 21.5 Å². The van der Waals surface area contributed by atoms with Crippen molar-refractivity contribution in [2.75, 3.05) is 5.32 Å². The number of nitrogens with one attached hydrogen (secondary N) is 3. The molecule has 0 spiro atoms. The van der Waals surface area contributed by atoms with Gasteiger partial charge in [-0.25, -0.2) is 22.0 Å². The largest absolute Gasteiger partial charge is 0.331 e. The second-order valence-corrected chi connectivity index (χ2v) is 9.64. The highest BCUT2D eigenvalue weighted by Gasteiger charge is 2.23. The molecule has 1 heterocycles. The number of carbonyl (C=O) groups excluding carboxylic acids is 1. The molecule has 174 valence electrons. The molecule has 33 heavy (non-hydrogen) atoms. The van der Waals surface area contributed by atoms with Crippen molar-refractivity contribution in [1.82, 2.24) is 10.6 Å². The smallest absolute Gasteiger partial charge is 0.319 e. The van der Waals surface area contributed by atoms with E-state index in [0.29, 0.717) is 29.8 Å². The molecule has 9 heteroatoms. The Morgan fingerprint density at radius 2 is 1.82 bits per heavy atom. The van der Waals surface area contributed by atoms with Crippen LogP contribution in [0.4, 0.5) is 19.3 Å². The van der Waals surface area contributed by atoms with Crippen molar-refractivity contribution in [3.05, 3.63) is 95.6 Å². The molecule has 0 bridgehead atoms. The first-order valence-electron chi connectivity index (χ1n) is 10.2. The monoisotopic (exact) mass is 473 g/mol. The summed E-state index contributed by atoms with van der Waals surface area (Å²) in [7, 11) is -4.02. The molecule has 0 fully saturated rings. The molecule has 2 aromatic carbocycles. The summed E-state index contributed by atoms with van der Waals surface area (Å²) in [6, 6.07) is 5.36. The summed E-state index contributed by atoms with van der Waals surface area (Å²) in [5.41, 5.74) is 2.53. The second kappa shape index (κ2) is 10.1. The molecule has 3 rings (SSSR count). The molecule has 2 amide bonds. The number of benzene rings is 2. The fourth-order valence-electron chi connectivity index (χ4n) is 3.54. The van der Waals surface area contributed by atoms with Gasteiger partial charge in [-0.1, -0.05) is 49.6 Å². The SMILES string of the molecule is C=C/C=C(\C=C)C(C)NC(=O)Nc1c(F)cc(S(=O)(=O)Cc2ccc3c(c2)CNC3)cc1F. The number of fused-ring (bicyclic) bond motifs is 1. The zero-order valence-corrected chi connectivity index (χ0v) is 18.9. The second-order valence-electron chi connectivity index (χ2n) is 7.65. The Hall–Kier alpha value is -3.30. The molecule has 1 aliphatic heterocycles. The van der Waals surface area contributed by atoms with Crippen LogP contribution in [0.3, 0.4) is 0 Å². The predicted molar refractivity (Wildman–Crippen MR) is 124 cm³/mol. The van der Waals surface area contributed by atoms with Gasteiger partial charge in [-0.05, 0) is 41.3 Å². The number of urea groups is 1. The molecular weight excluding hydrogens is 448 g/mol. The number of sulfone groups is 1. The van der Waals surface area contributed by atoms with Crippen LogP contribution in [-0.4, -0.2) is 20.5 Å². The van der Waals surface area contributed by atoms with Crippen LogP contribution in [0.1, 0.15) is 23.6 Å². The normalized spacial score (nSPS) is 14.3. The molecule has 1 aliphatic rings. The van der Waals surface area contributed by atoms with E-state index in [0.717, 1.165) is 17.7 Å². The first kappa shape index (κ1) is 24.3. The lowest BCUT2D eigenvalue weighted by molar-refractivity contribution is 0.250. The van der Waals surface area contributed by atoms with Gasteiger partial charge in [0, 0.05) is 13.1 Å². The van der Waals surface area contributed by atoms with E-state index < -0.39 is 49.9 Å². The van der Waals surface area contributed by atoms with Crippen molar-refractivity contribution >= 4 is 21.6 Å². The zero-order chi connectivity index (χ0) is 24.2. The summed E-state index contributed by atoms with van der Waals surface area (Å²) in [6.45, 7) is 10.2. The van der Waals surface area contributed by atoms with Gasteiger partial charge in [0.25, 0.3) is 0 Å². The van der Waals surface area contributed by atoms with E-state index in [-0.39, 0.29) is 0 Å². The van der Waals surface area contributed by atoms with E-state index in [9.17, 15) is 22.0 Å². The first-order chi connectivity index (χ1) is 15.6. The third-order valence-electron chi connectivity index (χ3n) is 5.27. The molecule has 1 atom stereocenters. The van der Waals surface area contributed by atoms with Crippen molar-refractivity contribution in [2.24, 2.45) is 0 Å². The van der Waals surface area contributed by atoms with Gasteiger partial charge in [0.05, 0.1) is 16.7 Å². The number of anilines is 1. The van der Waals surface area contributed by atoms with Crippen LogP contribution in [0.2, 0.25) is 0 Å². The lowest BCUT2D eigenvalue weighted by Crippen LogP contribution is -2.37. The third-order valence-corrected chi connectivity index (χ3v) is 6.93. The van der Waals surface area contributed by atoms with Crippen molar-refractivity contribution < 1.29 is 22.0 Å². The maximum atomic E-state index is 14.6. The molecule has 0 radical (unpaired) electrons. The number of hydrogen-bond acceptors (Lipinski definition) is 4. The highest BCUT2D eigenvalue weighted by Crippen LogP contribution is 2.26. The maximum Gasteiger partial charge on any atom is 0.319 e. The Morgan fingerprint density at radius 3 is 2.45 bits per heavy atom. The molecule has 0 aromatic heterocycles. The van der Waals surface area contributed by atoms with Crippen LogP contribution in [-0.2, 0) is 28.7 Å². The molecule has 0 saturated heterocycles. The first-order valence-corrected chi connectivity index (χ1v) is 11.9. The third kappa shape index (κ3) is 5.74. The van der Waals surface area contributed by atoms with E-state index in [4.69, 9.17) is 0 Å². The Labute approximate surface area is 192 Å².